The molecule has 0 bridgehead atoms. The fourth-order valence-electron chi connectivity index (χ4n) is 14.4. The van der Waals surface area contributed by atoms with Crippen LogP contribution in [0.1, 0.15) is 211 Å². The second-order valence-electron chi connectivity index (χ2n) is 33.1. The number of hydrogen-bond donors (Lipinski definition) is 20. The molecular formula is C84H121N15O25S. The second kappa shape index (κ2) is 48.4. The van der Waals surface area contributed by atoms with Crippen molar-refractivity contribution >= 4 is 118 Å². The van der Waals surface area contributed by atoms with Gasteiger partial charge < -0.3 is 125 Å². The van der Waals surface area contributed by atoms with Gasteiger partial charge in [-0.2, -0.15) is 0 Å². The number of nitrogens with two attached hydrogens (primary N) is 2. The standard InChI is InChI=1S/C84H121N15O25S/c1-45(2)34-57(73(113)89-48(7)71(111)95-62(43-100)70(86)110)92-76(116)60(40-68(106)107)93-74(114)58(35-46(3)4)97-80(120)83(9)29-19-17-15-13-11-10-12-14-16-18-28-82(8,79(119)96-59(36-47(5)6)75(115)94-61(41-69(108)109)77(117)99-83)98-66(104)42-88-72(112)56(26-27-65(85)103)91-67(105)44-122-33-32-121-31-30-87-81(125)90-49-20-23-53-52(37-49)78(118)124-84(53)54-24-21-50(101)38-63(54)123-64-39-51(102)22-25-55(64)84/h20-25,37-39,45-48,56-62,100-102H,10-19,26-36,40-44H2,1-9H3,(H2,85,103)(H2,86,110)(H,88,112)(H,89,113)(H,91,105)(H,92,116)(H,93,114)(H,94,115)(H,95,111)(H,96,119)(H,97,120)(H,98,104)(H,99,117)(H,106,107)(H,108,109)(H2,87,90,125)/t48-,56-,57-,58-,59-,60-,61-,62-,82-,83-/m0/s1. The Balaban J connectivity index is 1.06. The van der Waals surface area contributed by atoms with Crippen LogP contribution in [0.5, 0.6) is 23.0 Å². The Morgan fingerprint density at radius 1 is 0.576 bits per heavy atom. The number of aliphatic hydroxyl groups is 1. The van der Waals surface area contributed by atoms with Crippen molar-refractivity contribution in [1.82, 2.24) is 63.8 Å². The molecule has 688 valence electrons. The van der Waals surface area contributed by atoms with E-state index in [9.17, 15) is 102 Å². The summed E-state index contributed by atoms with van der Waals surface area (Å²) in [7, 11) is 0. The summed E-state index contributed by atoms with van der Waals surface area (Å²) in [5.41, 5.74) is 7.46. The highest BCUT2D eigenvalue weighted by Crippen LogP contribution is 2.57. The lowest BCUT2D eigenvalue weighted by molar-refractivity contribution is -0.143. The quantitative estimate of drug-likeness (QED) is 0.0217. The van der Waals surface area contributed by atoms with E-state index in [-0.39, 0.29) is 123 Å². The van der Waals surface area contributed by atoms with Crippen LogP contribution in [0.3, 0.4) is 0 Å². The number of aliphatic hydroxyl groups excluding tert-OH is 1. The molecule has 0 radical (unpaired) electrons. The van der Waals surface area contributed by atoms with Gasteiger partial charge in [0.15, 0.2) is 10.7 Å². The number of thiocarbonyl (C=S) groups is 1. The number of carboxylic acid groups (broad SMARTS) is 2. The van der Waals surface area contributed by atoms with Gasteiger partial charge in [0.1, 0.15) is 89.0 Å². The minimum atomic E-state index is -1.99. The molecule has 3 aliphatic rings. The van der Waals surface area contributed by atoms with Gasteiger partial charge in [0.05, 0.1) is 51.4 Å². The van der Waals surface area contributed by atoms with Crippen LogP contribution in [0.2, 0.25) is 0 Å². The van der Waals surface area contributed by atoms with Gasteiger partial charge in [-0.15, -0.1) is 0 Å². The van der Waals surface area contributed by atoms with Gasteiger partial charge in [-0.05, 0) is 126 Å². The first-order chi connectivity index (χ1) is 59.0. The number of phenolic OH excluding ortho intramolecular Hbond substituents is 2. The van der Waals surface area contributed by atoms with E-state index in [0.29, 0.717) is 54.5 Å². The highest BCUT2D eigenvalue weighted by molar-refractivity contribution is 7.80. The SMILES string of the molecule is CC(C)C[C@H](NC(=O)[C@H](CC(=O)O)NC(=O)[C@H](CC(C)C)NC(=O)[C@]1(C)CCCCCCCCCCCC[C@](C)(NC(=O)CNC(=O)[C@H](CCC(N)=O)NC(=O)COCCOCCNC(=S)Nc2ccc3c(c2)C(=O)OC32c3ccc(O)cc3Oc3cc(O)ccc32)C(=O)N[C@@H](CC(C)C)C(=O)N[C@@H](CC(=O)O)C(=O)N1)C(=O)N[C@@H](C)C(=O)N[C@@H](CO)C(N)=O. The van der Waals surface area contributed by atoms with Crippen LogP contribution in [0, 0.1) is 17.8 Å². The van der Waals surface area contributed by atoms with Crippen LogP contribution < -0.4 is 85.3 Å². The number of amides is 13. The summed E-state index contributed by atoms with van der Waals surface area (Å²) in [5, 5.41) is 83.9. The van der Waals surface area contributed by atoms with Gasteiger partial charge in [0.2, 0.25) is 76.8 Å². The Morgan fingerprint density at radius 2 is 1.13 bits per heavy atom. The minimum Gasteiger partial charge on any atom is -0.508 e. The molecule has 40 nitrogen and oxygen atoms in total. The maximum atomic E-state index is 15.0. The molecule has 0 unspecified atom stereocenters. The number of benzene rings is 3. The first-order valence-corrected chi connectivity index (χ1v) is 42.3. The van der Waals surface area contributed by atoms with Crippen LogP contribution in [-0.4, -0.2) is 231 Å². The van der Waals surface area contributed by atoms with Gasteiger partial charge in [-0.3, -0.25) is 71.9 Å². The number of carbonyl (C=O) groups excluding carboxylic acids is 14. The monoisotopic (exact) mass is 1770 g/mol. The smallest absolute Gasteiger partial charge is 0.340 e. The van der Waals surface area contributed by atoms with Crippen molar-refractivity contribution in [2.24, 2.45) is 29.2 Å². The third-order valence-corrected chi connectivity index (χ3v) is 21.2. The second-order valence-corrected chi connectivity index (χ2v) is 33.5. The Bertz CT molecular complexity index is 4340. The Hall–Kier alpha value is -11.8. The number of phenols is 2. The lowest BCUT2D eigenvalue weighted by Gasteiger charge is -2.36. The van der Waals surface area contributed by atoms with E-state index in [1.165, 1.54) is 45.0 Å². The number of ether oxygens (including phenoxy) is 4. The first-order valence-electron chi connectivity index (χ1n) is 41.9. The summed E-state index contributed by atoms with van der Waals surface area (Å²) in [6.45, 7) is 12.2. The van der Waals surface area contributed by atoms with Crippen LogP contribution in [0.25, 0.3) is 0 Å². The van der Waals surface area contributed by atoms with Crippen molar-refractivity contribution in [2.45, 2.75) is 249 Å². The average Bonchev–Trinajstić information content (AvgIpc) is 1.57. The molecule has 6 rings (SSSR count). The van der Waals surface area contributed by atoms with Gasteiger partial charge in [0.25, 0.3) is 0 Å². The summed E-state index contributed by atoms with van der Waals surface area (Å²) in [6, 6.07) is 1.26. The number of rotatable bonds is 39. The predicted octanol–water partition coefficient (Wildman–Crippen LogP) is 1.28. The molecule has 10 atom stereocenters. The molecule has 3 aromatic carbocycles. The minimum absolute atomic E-state index is 0.00444. The third-order valence-electron chi connectivity index (χ3n) is 21.0. The summed E-state index contributed by atoms with van der Waals surface area (Å²) < 4.78 is 23.3. The van der Waals surface area contributed by atoms with Gasteiger partial charge in [-0.25, -0.2) is 4.79 Å². The molecule has 13 amide bonds. The number of aliphatic carboxylic acids is 2. The number of carbonyl (C=O) groups is 16. The fraction of sp³-hybridized carbons (Fsp3) is 0.583. The van der Waals surface area contributed by atoms with Gasteiger partial charge >= 0.3 is 17.9 Å². The van der Waals surface area contributed by atoms with Crippen LogP contribution in [0.15, 0.2) is 54.6 Å². The van der Waals surface area contributed by atoms with Crippen molar-refractivity contribution in [3.8, 4) is 23.0 Å². The van der Waals surface area contributed by atoms with E-state index >= 15 is 0 Å². The molecule has 41 heteroatoms. The molecule has 0 saturated carbocycles. The normalized spacial score (nSPS) is 19.4. The van der Waals surface area contributed by atoms with E-state index in [2.05, 4.69) is 69.1 Å². The lowest BCUT2D eigenvalue weighted by atomic mass is 9.77. The van der Waals surface area contributed by atoms with Crippen molar-refractivity contribution in [3.63, 3.8) is 0 Å². The summed E-state index contributed by atoms with van der Waals surface area (Å²) >= 11 is 5.50. The topological polar surface area (TPSA) is 620 Å². The van der Waals surface area contributed by atoms with Gasteiger partial charge in [-0.1, -0.05) is 112 Å². The van der Waals surface area contributed by atoms with E-state index in [1.54, 1.807) is 71.9 Å². The molecule has 125 heavy (non-hydrogen) atoms. The maximum Gasteiger partial charge on any atom is 0.340 e. The zero-order valence-electron chi connectivity index (χ0n) is 71.9. The molecule has 3 aromatic rings. The third kappa shape index (κ3) is 31.4. The van der Waals surface area contributed by atoms with E-state index < -0.39 is 192 Å². The van der Waals surface area contributed by atoms with Crippen LogP contribution in [0.4, 0.5) is 5.69 Å². The van der Waals surface area contributed by atoms with Crippen molar-refractivity contribution in [3.05, 3.63) is 76.9 Å². The number of primary amides is 2. The van der Waals surface area contributed by atoms with E-state index in [0.717, 1.165) is 32.1 Å². The van der Waals surface area contributed by atoms with Gasteiger partial charge in [0, 0.05) is 47.5 Å². The average molecular weight is 1770 g/mol. The highest BCUT2D eigenvalue weighted by atomic mass is 32.1. The molecule has 3 heterocycles. The molecule has 0 aliphatic carbocycles. The molecule has 0 aromatic heterocycles. The van der Waals surface area contributed by atoms with Crippen molar-refractivity contribution < 1.29 is 121 Å². The maximum absolute atomic E-state index is 15.0. The largest absolute Gasteiger partial charge is 0.508 e. The molecule has 1 saturated heterocycles. The molecule has 1 spiro atoms. The number of esters is 1. The number of aromatic hydroxyl groups is 2. The zero-order valence-corrected chi connectivity index (χ0v) is 72.7. The lowest BCUT2D eigenvalue weighted by Crippen LogP contribution is -2.65. The number of hydrogen-bond acceptors (Lipinski definition) is 24. The number of anilines is 1. The molecular weight excluding hydrogens is 1650 g/mol. The molecule has 1 fully saturated rings. The Kier molecular flexibility index (Phi) is 39.5. The highest BCUT2D eigenvalue weighted by Gasteiger charge is 2.54. The summed E-state index contributed by atoms with van der Waals surface area (Å²) in [5.74, 6) is -17.2. The first kappa shape index (κ1) is 102. The van der Waals surface area contributed by atoms with E-state index in [4.69, 9.17) is 42.6 Å². The Morgan fingerprint density at radius 3 is 1.70 bits per heavy atom. The van der Waals surface area contributed by atoms with Crippen molar-refractivity contribution in [1.29, 1.82) is 0 Å². The van der Waals surface area contributed by atoms with Crippen LogP contribution in [-0.2, 0) is 91.7 Å². The molecule has 3 aliphatic heterocycles. The predicted molar refractivity (Wildman–Crippen MR) is 454 cm³/mol. The molecule has 22 N–H and O–H groups in total. The summed E-state index contributed by atoms with van der Waals surface area (Å²) in [4.78, 5) is 217. The number of nitrogens with one attached hydrogen (secondary N) is 13. The number of carboxylic acids is 2. The summed E-state index contributed by atoms with van der Waals surface area (Å²) in [6.07, 6.45) is 3.16. The Labute approximate surface area is 729 Å². The fourth-order valence-corrected chi connectivity index (χ4v) is 14.6. The van der Waals surface area contributed by atoms with E-state index in [1.807, 2.05) is 0 Å². The van der Waals surface area contributed by atoms with Crippen LogP contribution >= 0.6 is 12.2 Å². The number of fused-ring (bicyclic) bond motifs is 6. The van der Waals surface area contributed by atoms with Crippen molar-refractivity contribution in [2.75, 3.05) is 51.4 Å². The zero-order chi connectivity index (χ0) is 92.6.